The minimum atomic E-state index is 0.0590. The van der Waals surface area contributed by atoms with Crippen LogP contribution in [-0.2, 0) is 0 Å². The van der Waals surface area contributed by atoms with E-state index in [-0.39, 0.29) is 5.78 Å². The van der Waals surface area contributed by atoms with Gasteiger partial charge < -0.3 is 0 Å². The van der Waals surface area contributed by atoms with E-state index in [1.165, 1.54) is 11.3 Å². The molecule has 0 aliphatic heterocycles. The molecule has 3 nitrogen and oxygen atoms in total. The standard InChI is InChI=1S/C10H10N2OS/c1-6-9(7(2)12-11-6)10(13)8-4-3-5-14-8/h3-5H,1-2H3,(H,11,12). The van der Waals surface area contributed by atoms with Gasteiger partial charge in [0, 0.05) is 5.69 Å². The number of hydrogen-bond donors (Lipinski definition) is 1. The molecule has 2 aromatic rings. The van der Waals surface area contributed by atoms with Gasteiger partial charge >= 0.3 is 0 Å². The maximum atomic E-state index is 12.0. The Hall–Kier alpha value is -1.42. The van der Waals surface area contributed by atoms with Crippen LogP contribution in [0.1, 0.15) is 26.6 Å². The van der Waals surface area contributed by atoms with E-state index < -0.39 is 0 Å². The van der Waals surface area contributed by atoms with Gasteiger partial charge in [-0.15, -0.1) is 11.3 Å². The van der Waals surface area contributed by atoms with Gasteiger partial charge in [0.25, 0.3) is 0 Å². The summed E-state index contributed by atoms with van der Waals surface area (Å²) in [5.74, 6) is 0.0590. The van der Waals surface area contributed by atoms with E-state index in [4.69, 9.17) is 0 Å². The average molecular weight is 206 g/mol. The quantitative estimate of drug-likeness (QED) is 0.766. The molecule has 0 aromatic carbocycles. The summed E-state index contributed by atoms with van der Waals surface area (Å²) in [4.78, 5) is 12.7. The third-order valence-electron chi connectivity index (χ3n) is 2.10. The smallest absolute Gasteiger partial charge is 0.206 e. The molecule has 72 valence electrons. The summed E-state index contributed by atoms with van der Waals surface area (Å²) >= 11 is 1.46. The van der Waals surface area contributed by atoms with Gasteiger partial charge in [-0.05, 0) is 25.3 Å². The van der Waals surface area contributed by atoms with Crippen molar-refractivity contribution in [3.63, 3.8) is 0 Å². The van der Waals surface area contributed by atoms with Crippen molar-refractivity contribution in [2.45, 2.75) is 13.8 Å². The molecule has 0 saturated carbocycles. The van der Waals surface area contributed by atoms with Crippen molar-refractivity contribution in [1.82, 2.24) is 10.2 Å². The average Bonchev–Trinajstić information content (AvgIpc) is 2.75. The highest BCUT2D eigenvalue weighted by molar-refractivity contribution is 7.12. The first-order chi connectivity index (χ1) is 6.70. The Bertz CT molecular complexity index is 437. The predicted molar refractivity (Wildman–Crippen MR) is 55.8 cm³/mol. The van der Waals surface area contributed by atoms with Crippen molar-refractivity contribution >= 4 is 17.1 Å². The van der Waals surface area contributed by atoms with Crippen molar-refractivity contribution in [1.29, 1.82) is 0 Å². The van der Waals surface area contributed by atoms with Gasteiger partial charge in [-0.1, -0.05) is 6.07 Å². The molecule has 1 N–H and O–H groups in total. The van der Waals surface area contributed by atoms with Crippen LogP contribution < -0.4 is 0 Å². The normalized spacial score (nSPS) is 10.4. The summed E-state index contributed by atoms with van der Waals surface area (Å²) in [5, 5.41) is 8.72. The first-order valence-corrected chi connectivity index (χ1v) is 5.18. The van der Waals surface area contributed by atoms with Crippen LogP contribution >= 0.6 is 11.3 Å². The van der Waals surface area contributed by atoms with Crippen molar-refractivity contribution in [3.05, 3.63) is 39.3 Å². The van der Waals surface area contributed by atoms with Gasteiger partial charge in [-0.3, -0.25) is 9.89 Å². The molecule has 0 spiro atoms. The van der Waals surface area contributed by atoms with Crippen molar-refractivity contribution in [2.75, 3.05) is 0 Å². The molecule has 0 unspecified atom stereocenters. The zero-order valence-electron chi connectivity index (χ0n) is 8.00. The Labute approximate surface area is 85.8 Å². The van der Waals surface area contributed by atoms with E-state index in [0.717, 1.165) is 16.3 Å². The second kappa shape index (κ2) is 3.38. The predicted octanol–water partition coefficient (Wildman–Crippen LogP) is 2.32. The van der Waals surface area contributed by atoms with Gasteiger partial charge in [0.2, 0.25) is 5.78 Å². The molecule has 2 aromatic heterocycles. The van der Waals surface area contributed by atoms with E-state index in [1.807, 2.05) is 31.4 Å². The minimum Gasteiger partial charge on any atom is -0.288 e. The van der Waals surface area contributed by atoms with Gasteiger partial charge in [0.05, 0.1) is 16.1 Å². The van der Waals surface area contributed by atoms with Crippen LogP contribution in [0.25, 0.3) is 0 Å². The van der Waals surface area contributed by atoms with Crippen molar-refractivity contribution in [2.24, 2.45) is 0 Å². The van der Waals surface area contributed by atoms with Gasteiger partial charge in [0.1, 0.15) is 0 Å². The summed E-state index contributed by atoms with van der Waals surface area (Å²) in [7, 11) is 0. The topological polar surface area (TPSA) is 45.8 Å². The molecule has 0 fully saturated rings. The fourth-order valence-corrected chi connectivity index (χ4v) is 2.09. The maximum Gasteiger partial charge on any atom is 0.206 e. The van der Waals surface area contributed by atoms with Gasteiger partial charge in [-0.2, -0.15) is 5.10 Å². The fraction of sp³-hybridized carbons (Fsp3) is 0.200. The monoisotopic (exact) mass is 206 g/mol. The van der Waals surface area contributed by atoms with Crippen LogP contribution in [-0.4, -0.2) is 16.0 Å². The van der Waals surface area contributed by atoms with Gasteiger partial charge in [-0.25, -0.2) is 0 Å². The van der Waals surface area contributed by atoms with E-state index in [9.17, 15) is 4.79 Å². The second-order valence-corrected chi connectivity index (χ2v) is 4.06. The van der Waals surface area contributed by atoms with E-state index in [2.05, 4.69) is 10.2 Å². The Kier molecular flexibility index (Phi) is 2.21. The Balaban J connectivity index is 2.46. The Morgan fingerprint density at radius 3 is 2.79 bits per heavy atom. The number of H-pyrrole nitrogens is 1. The lowest BCUT2D eigenvalue weighted by Crippen LogP contribution is -2.01. The third kappa shape index (κ3) is 1.37. The summed E-state index contributed by atoms with van der Waals surface area (Å²) in [6.45, 7) is 3.70. The Morgan fingerprint density at radius 1 is 1.50 bits per heavy atom. The summed E-state index contributed by atoms with van der Waals surface area (Å²) in [5.41, 5.74) is 2.30. The van der Waals surface area contributed by atoms with Crippen LogP contribution in [0.2, 0.25) is 0 Å². The zero-order chi connectivity index (χ0) is 10.1. The molecule has 2 rings (SSSR count). The molecule has 0 saturated heterocycles. The minimum absolute atomic E-state index is 0.0590. The number of hydrogen-bond acceptors (Lipinski definition) is 3. The molecule has 0 aliphatic carbocycles. The van der Waals surface area contributed by atoms with E-state index in [0.29, 0.717) is 5.56 Å². The SMILES string of the molecule is Cc1n[nH]c(C)c1C(=O)c1cccs1. The molecule has 14 heavy (non-hydrogen) atoms. The molecule has 2 heterocycles. The first kappa shape index (κ1) is 9.15. The zero-order valence-corrected chi connectivity index (χ0v) is 8.81. The van der Waals surface area contributed by atoms with Crippen LogP contribution in [0.5, 0.6) is 0 Å². The molecule has 0 atom stereocenters. The van der Waals surface area contributed by atoms with Gasteiger partial charge in [0.15, 0.2) is 0 Å². The van der Waals surface area contributed by atoms with Crippen molar-refractivity contribution in [3.8, 4) is 0 Å². The van der Waals surface area contributed by atoms with Crippen molar-refractivity contribution < 1.29 is 4.79 Å². The highest BCUT2D eigenvalue weighted by Crippen LogP contribution is 2.18. The van der Waals surface area contributed by atoms with E-state index >= 15 is 0 Å². The number of ketones is 1. The molecular formula is C10H10N2OS. The highest BCUT2D eigenvalue weighted by Gasteiger charge is 2.17. The number of aryl methyl sites for hydroxylation is 2. The molecule has 0 amide bonds. The maximum absolute atomic E-state index is 12.0. The lowest BCUT2D eigenvalue weighted by molar-refractivity contribution is 0.104. The number of thiophene rings is 1. The van der Waals surface area contributed by atoms with E-state index in [1.54, 1.807) is 0 Å². The molecule has 0 radical (unpaired) electrons. The lowest BCUT2D eigenvalue weighted by Gasteiger charge is -1.96. The lowest BCUT2D eigenvalue weighted by atomic mass is 10.1. The fourth-order valence-electron chi connectivity index (χ4n) is 1.42. The second-order valence-electron chi connectivity index (χ2n) is 3.12. The number of carbonyl (C=O) groups excluding carboxylic acids is 1. The molecule has 0 aliphatic rings. The number of rotatable bonds is 2. The summed E-state index contributed by atoms with van der Waals surface area (Å²) in [6, 6.07) is 3.71. The molecular weight excluding hydrogens is 196 g/mol. The number of aromatic nitrogens is 2. The molecule has 4 heteroatoms. The van der Waals surface area contributed by atoms with Crippen LogP contribution in [0.4, 0.5) is 0 Å². The number of nitrogens with zero attached hydrogens (tertiary/aromatic N) is 1. The largest absolute Gasteiger partial charge is 0.288 e. The molecule has 0 bridgehead atoms. The summed E-state index contributed by atoms with van der Waals surface area (Å²) in [6.07, 6.45) is 0. The number of aromatic amines is 1. The Morgan fingerprint density at radius 2 is 2.29 bits per heavy atom. The highest BCUT2D eigenvalue weighted by atomic mass is 32.1. The third-order valence-corrected chi connectivity index (χ3v) is 2.97. The number of nitrogens with one attached hydrogen (secondary N) is 1. The first-order valence-electron chi connectivity index (χ1n) is 4.30. The summed E-state index contributed by atoms with van der Waals surface area (Å²) < 4.78 is 0. The van der Waals surface area contributed by atoms with Crippen LogP contribution in [0, 0.1) is 13.8 Å². The number of carbonyl (C=O) groups is 1. The van der Waals surface area contributed by atoms with Crippen LogP contribution in [0.15, 0.2) is 17.5 Å². The van der Waals surface area contributed by atoms with Crippen LogP contribution in [0.3, 0.4) is 0 Å².